The van der Waals surface area contributed by atoms with E-state index in [0.29, 0.717) is 0 Å². The first-order valence-corrected chi connectivity index (χ1v) is 3.93. The summed E-state index contributed by atoms with van der Waals surface area (Å²) in [6.45, 7) is 1.61. The number of thiol groups is 1. The fraction of sp³-hybridized carbons (Fsp3) is 1.00. The molecule has 1 fully saturated rings. The number of aliphatic hydroxyl groups excluding tert-OH is 3. The molecule has 1 aliphatic rings. The van der Waals surface area contributed by atoms with Gasteiger partial charge >= 0.3 is 0 Å². The molecule has 0 aromatic heterocycles. The predicted octanol–water partition coefficient (Wildman–Crippen LogP) is -1.26. The molecule has 0 saturated carbocycles. The van der Waals surface area contributed by atoms with Crippen LogP contribution in [0.25, 0.3) is 0 Å². The van der Waals surface area contributed by atoms with E-state index in [9.17, 15) is 0 Å². The largest absolute Gasteiger partial charge is 0.388 e. The second-order valence-electron chi connectivity index (χ2n) is 2.70. The van der Waals surface area contributed by atoms with E-state index in [0.717, 1.165) is 0 Å². The third kappa shape index (κ3) is 1.68. The summed E-state index contributed by atoms with van der Waals surface area (Å²) in [7, 11) is 0. The van der Waals surface area contributed by atoms with Gasteiger partial charge in [-0.15, -0.1) is 12.6 Å². The molecule has 0 aromatic rings. The summed E-state index contributed by atoms with van der Waals surface area (Å²) < 4.78 is 4.99. The van der Waals surface area contributed by atoms with Crippen LogP contribution in [0, 0.1) is 0 Å². The van der Waals surface area contributed by atoms with Crippen molar-refractivity contribution in [1.29, 1.82) is 0 Å². The molecular formula is C6H12O4S. The molecule has 0 aliphatic carbocycles. The Hall–Kier alpha value is 0.190. The van der Waals surface area contributed by atoms with Crippen LogP contribution < -0.4 is 0 Å². The van der Waals surface area contributed by atoms with Crippen LogP contribution in [0.3, 0.4) is 0 Å². The first-order valence-electron chi connectivity index (χ1n) is 3.41. The van der Waals surface area contributed by atoms with E-state index < -0.39 is 29.9 Å². The van der Waals surface area contributed by atoms with Crippen LogP contribution in [0.15, 0.2) is 0 Å². The smallest absolute Gasteiger partial charge is 0.129 e. The minimum atomic E-state index is -1.17. The third-order valence-electron chi connectivity index (χ3n) is 1.83. The van der Waals surface area contributed by atoms with Crippen LogP contribution in [0.1, 0.15) is 6.92 Å². The zero-order chi connectivity index (χ0) is 8.59. The number of hydrogen-bond acceptors (Lipinski definition) is 5. The Bertz CT molecular complexity index is 129. The first-order chi connectivity index (χ1) is 5.04. The van der Waals surface area contributed by atoms with Gasteiger partial charge in [-0.1, -0.05) is 0 Å². The first kappa shape index (κ1) is 9.28. The monoisotopic (exact) mass is 180 g/mol. The second-order valence-corrected chi connectivity index (χ2v) is 3.21. The molecule has 5 atom stereocenters. The molecule has 1 aliphatic heterocycles. The molecule has 0 spiro atoms. The summed E-state index contributed by atoms with van der Waals surface area (Å²) in [6, 6.07) is 0. The standard InChI is InChI=1S/C6H12O4S/c1-2-3(7)4(8)5(9)6(11)10-2/h2-9,11H,1H3/t2?,3-,4?,5-,6-/m0/s1. The van der Waals surface area contributed by atoms with Gasteiger partial charge in [-0.3, -0.25) is 0 Å². The van der Waals surface area contributed by atoms with Gasteiger partial charge in [0.15, 0.2) is 0 Å². The van der Waals surface area contributed by atoms with Gasteiger partial charge in [-0.05, 0) is 6.92 Å². The van der Waals surface area contributed by atoms with E-state index in [1.165, 1.54) is 0 Å². The van der Waals surface area contributed by atoms with E-state index in [1.807, 2.05) is 0 Å². The van der Waals surface area contributed by atoms with Crippen molar-refractivity contribution in [3.63, 3.8) is 0 Å². The molecule has 1 rings (SSSR count). The van der Waals surface area contributed by atoms with Crippen LogP contribution in [-0.4, -0.2) is 45.2 Å². The second kappa shape index (κ2) is 3.28. The topological polar surface area (TPSA) is 69.9 Å². The Balaban J connectivity index is 2.63. The lowest BCUT2D eigenvalue weighted by Gasteiger charge is -2.37. The van der Waals surface area contributed by atoms with Crippen LogP contribution in [0.5, 0.6) is 0 Å². The normalized spacial score (nSPS) is 52.6. The van der Waals surface area contributed by atoms with Gasteiger partial charge in [0.25, 0.3) is 0 Å². The summed E-state index contributed by atoms with van der Waals surface area (Å²) >= 11 is 3.87. The van der Waals surface area contributed by atoms with Crippen LogP contribution in [-0.2, 0) is 4.74 Å². The van der Waals surface area contributed by atoms with E-state index in [1.54, 1.807) is 6.92 Å². The maximum absolute atomic E-state index is 9.17. The third-order valence-corrected chi connectivity index (χ3v) is 2.25. The molecule has 0 amide bonds. The van der Waals surface area contributed by atoms with Crippen molar-refractivity contribution >= 4 is 12.6 Å². The van der Waals surface area contributed by atoms with Gasteiger partial charge < -0.3 is 20.1 Å². The summed E-state index contributed by atoms with van der Waals surface area (Å²) in [6.07, 6.45) is -3.81. The zero-order valence-electron chi connectivity index (χ0n) is 6.08. The predicted molar refractivity (Wildman–Crippen MR) is 41.3 cm³/mol. The van der Waals surface area contributed by atoms with E-state index in [4.69, 9.17) is 20.1 Å². The van der Waals surface area contributed by atoms with Crippen molar-refractivity contribution in [2.75, 3.05) is 0 Å². The summed E-state index contributed by atoms with van der Waals surface area (Å²) in [5.74, 6) is 0. The quantitative estimate of drug-likeness (QED) is 0.351. The average Bonchev–Trinajstić information content (AvgIpc) is 1.97. The Morgan fingerprint density at radius 1 is 1.09 bits per heavy atom. The van der Waals surface area contributed by atoms with E-state index >= 15 is 0 Å². The zero-order valence-corrected chi connectivity index (χ0v) is 6.98. The van der Waals surface area contributed by atoms with E-state index in [2.05, 4.69) is 12.6 Å². The minimum absolute atomic E-state index is 0.490. The molecule has 1 heterocycles. The van der Waals surface area contributed by atoms with Gasteiger partial charge in [-0.2, -0.15) is 0 Å². The van der Waals surface area contributed by atoms with Crippen molar-refractivity contribution in [1.82, 2.24) is 0 Å². The van der Waals surface area contributed by atoms with Crippen molar-refractivity contribution < 1.29 is 20.1 Å². The maximum atomic E-state index is 9.17. The molecule has 5 heteroatoms. The molecule has 3 N–H and O–H groups in total. The lowest BCUT2D eigenvalue weighted by atomic mass is 10.0. The molecule has 1 saturated heterocycles. The lowest BCUT2D eigenvalue weighted by Crippen LogP contribution is -2.54. The highest BCUT2D eigenvalue weighted by molar-refractivity contribution is 7.80. The van der Waals surface area contributed by atoms with Crippen molar-refractivity contribution in [3.05, 3.63) is 0 Å². The number of aliphatic hydroxyl groups is 3. The Morgan fingerprint density at radius 2 is 1.64 bits per heavy atom. The average molecular weight is 180 g/mol. The fourth-order valence-corrected chi connectivity index (χ4v) is 1.40. The van der Waals surface area contributed by atoms with Gasteiger partial charge in [-0.25, -0.2) is 0 Å². The minimum Gasteiger partial charge on any atom is -0.388 e. The van der Waals surface area contributed by atoms with Crippen molar-refractivity contribution in [3.8, 4) is 0 Å². The SMILES string of the molecule is CC1O[C@@H](S)[C@@H](O)C(O)[C@H]1O. The Kier molecular flexibility index (Phi) is 2.77. The Morgan fingerprint density at radius 3 is 2.18 bits per heavy atom. The van der Waals surface area contributed by atoms with Gasteiger partial charge in [0.2, 0.25) is 0 Å². The van der Waals surface area contributed by atoms with Crippen molar-refractivity contribution in [2.45, 2.75) is 36.8 Å². The molecule has 0 radical (unpaired) electrons. The molecule has 0 aromatic carbocycles. The molecule has 2 unspecified atom stereocenters. The van der Waals surface area contributed by atoms with Gasteiger partial charge in [0, 0.05) is 0 Å². The summed E-state index contributed by atoms with van der Waals surface area (Å²) in [5.41, 5.74) is -0.719. The highest BCUT2D eigenvalue weighted by atomic mass is 32.1. The van der Waals surface area contributed by atoms with Gasteiger partial charge in [0.05, 0.1) is 6.10 Å². The van der Waals surface area contributed by atoms with Crippen LogP contribution in [0.4, 0.5) is 0 Å². The lowest BCUT2D eigenvalue weighted by molar-refractivity contribution is -0.191. The number of rotatable bonds is 0. The molecule has 66 valence electrons. The fourth-order valence-electron chi connectivity index (χ4n) is 1.03. The molecular weight excluding hydrogens is 168 g/mol. The van der Waals surface area contributed by atoms with Crippen LogP contribution >= 0.6 is 12.6 Å². The maximum Gasteiger partial charge on any atom is 0.129 e. The highest BCUT2D eigenvalue weighted by Gasteiger charge is 2.39. The number of ether oxygens (including phenoxy) is 1. The van der Waals surface area contributed by atoms with Gasteiger partial charge in [0.1, 0.15) is 23.7 Å². The summed E-state index contributed by atoms with van der Waals surface area (Å²) in [4.78, 5) is 0. The Labute approximate surface area is 70.2 Å². The van der Waals surface area contributed by atoms with E-state index in [-0.39, 0.29) is 0 Å². The highest BCUT2D eigenvalue weighted by Crippen LogP contribution is 2.22. The molecule has 11 heavy (non-hydrogen) atoms. The van der Waals surface area contributed by atoms with Crippen LogP contribution in [0.2, 0.25) is 0 Å². The number of hydrogen-bond donors (Lipinski definition) is 4. The summed E-state index contributed by atoms with van der Waals surface area (Å²) in [5, 5.41) is 27.4. The molecule has 0 bridgehead atoms. The van der Waals surface area contributed by atoms with Crippen molar-refractivity contribution in [2.24, 2.45) is 0 Å². The molecule has 4 nitrogen and oxygen atoms in total.